The van der Waals surface area contributed by atoms with Crippen LogP contribution in [0.3, 0.4) is 0 Å². The molecule has 17 heavy (non-hydrogen) atoms. The number of hydrogen-bond acceptors (Lipinski definition) is 3. The van der Waals surface area contributed by atoms with E-state index >= 15 is 0 Å². The van der Waals surface area contributed by atoms with Crippen LogP contribution >= 0.6 is 0 Å². The van der Waals surface area contributed by atoms with E-state index in [1.165, 1.54) is 25.7 Å². The third-order valence-corrected chi connectivity index (χ3v) is 3.73. The molecule has 0 atom stereocenters. The Hall–Kier alpha value is -0.870. The van der Waals surface area contributed by atoms with E-state index in [9.17, 15) is 0 Å². The van der Waals surface area contributed by atoms with E-state index in [1.54, 1.807) is 0 Å². The monoisotopic (exact) mass is 237 g/mol. The molecule has 0 unspecified atom stereocenters. The van der Waals surface area contributed by atoms with E-state index in [4.69, 9.17) is 4.74 Å². The lowest BCUT2D eigenvalue weighted by atomic mass is 9.93. The van der Waals surface area contributed by atoms with Crippen LogP contribution in [0.25, 0.3) is 0 Å². The molecule has 1 aromatic rings. The Kier molecular flexibility index (Phi) is 4.18. The van der Waals surface area contributed by atoms with Crippen molar-refractivity contribution in [3.63, 3.8) is 0 Å². The van der Waals surface area contributed by atoms with Gasteiger partial charge < -0.3 is 15.0 Å². The second kappa shape index (κ2) is 5.65. The van der Waals surface area contributed by atoms with E-state index in [-0.39, 0.29) is 5.60 Å². The molecule has 2 N–H and O–H groups in total. The van der Waals surface area contributed by atoms with Crippen LogP contribution in [0.4, 0.5) is 0 Å². The maximum Gasteiger partial charge on any atom is 0.138 e. The van der Waals surface area contributed by atoms with Gasteiger partial charge in [-0.1, -0.05) is 25.7 Å². The predicted octanol–water partition coefficient (Wildman–Crippen LogP) is 2.33. The van der Waals surface area contributed by atoms with Crippen LogP contribution in [0.2, 0.25) is 0 Å². The Morgan fingerprint density at radius 3 is 2.65 bits per heavy atom. The minimum Gasteiger partial charge on any atom is -0.370 e. The summed E-state index contributed by atoms with van der Waals surface area (Å²) >= 11 is 0. The van der Waals surface area contributed by atoms with Gasteiger partial charge in [-0.3, -0.25) is 0 Å². The smallest absolute Gasteiger partial charge is 0.138 e. The summed E-state index contributed by atoms with van der Waals surface area (Å²) in [5.74, 6) is 1.01. The first-order valence-corrected chi connectivity index (χ1v) is 6.55. The van der Waals surface area contributed by atoms with Crippen LogP contribution in [-0.4, -0.2) is 24.1 Å². The zero-order valence-electron chi connectivity index (χ0n) is 10.9. The van der Waals surface area contributed by atoms with Gasteiger partial charge in [0.2, 0.25) is 0 Å². The first-order valence-electron chi connectivity index (χ1n) is 6.55. The van der Waals surface area contributed by atoms with Crippen LogP contribution in [0, 0.1) is 0 Å². The minimum absolute atomic E-state index is 0.178. The Bertz CT molecular complexity index is 340. The number of H-pyrrole nitrogens is 1. The fraction of sp³-hybridized carbons (Fsp3) is 0.769. The van der Waals surface area contributed by atoms with Crippen LogP contribution in [-0.2, 0) is 16.9 Å². The van der Waals surface area contributed by atoms with E-state index in [1.807, 2.05) is 20.4 Å². The van der Waals surface area contributed by atoms with Crippen molar-refractivity contribution in [3.05, 3.63) is 17.7 Å². The molecule has 0 aliphatic heterocycles. The number of imidazole rings is 1. The number of ether oxygens (including phenoxy) is 1. The van der Waals surface area contributed by atoms with Gasteiger partial charge in [0.1, 0.15) is 11.4 Å². The van der Waals surface area contributed by atoms with E-state index in [0.717, 1.165) is 30.9 Å². The van der Waals surface area contributed by atoms with Gasteiger partial charge >= 0.3 is 0 Å². The van der Waals surface area contributed by atoms with Crippen molar-refractivity contribution < 1.29 is 4.74 Å². The summed E-state index contributed by atoms with van der Waals surface area (Å²) in [5, 5.41) is 3.13. The van der Waals surface area contributed by atoms with Crippen molar-refractivity contribution >= 4 is 0 Å². The molecular formula is C13H23N3O. The summed E-state index contributed by atoms with van der Waals surface area (Å²) in [6, 6.07) is 0. The lowest BCUT2D eigenvalue weighted by molar-refractivity contribution is -0.0345. The molecule has 1 saturated carbocycles. The van der Waals surface area contributed by atoms with E-state index in [2.05, 4.69) is 15.3 Å². The lowest BCUT2D eigenvalue weighted by Crippen LogP contribution is -2.29. The Balaban J connectivity index is 2.19. The maximum atomic E-state index is 5.82. The third kappa shape index (κ3) is 2.69. The van der Waals surface area contributed by atoms with Crippen molar-refractivity contribution in [2.45, 2.75) is 50.7 Å². The van der Waals surface area contributed by atoms with Crippen LogP contribution in [0.15, 0.2) is 6.20 Å². The van der Waals surface area contributed by atoms with Gasteiger partial charge in [-0.2, -0.15) is 0 Å². The second-order valence-corrected chi connectivity index (χ2v) is 4.90. The molecule has 0 amide bonds. The molecule has 96 valence electrons. The highest BCUT2D eigenvalue weighted by Crippen LogP contribution is 2.37. The number of aromatic amines is 1. The highest BCUT2D eigenvalue weighted by molar-refractivity contribution is 5.09. The standard InChI is InChI=1S/C13H23N3O/c1-14-9-11-10-15-12(16-11)13(17-2)7-5-3-4-6-8-13/h10,14H,3-9H2,1-2H3,(H,15,16). The van der Waals surface area contributed by atoms with Crippen molar-refractivity contribution in [2.75, 3.05) is 14.2 Å². The molecule has 1 aliphatic carbocycles. The topological polar surface area (TPSA) is 49.9 Å². The van der Waals surface area contributed by atoms with Gasteiger partial charge in [-0.05, 0) is 19.9 Å². The van der Waals surface area contributed by atoms with E-state index < -0.39 is 0 Å². The average molecular weight is 237 g/mol. The summed E-state index contributed by atoms with van der Waals surface area (Å²) in [5.41, 5.74) is 0.950. The summed E-state index contributed by atoms with van der Waals surface area (Å²) in [6.07, 6.45) is 9.17. The molecular weight excluding hydrogens is 214 g/mol. The molecule has 1 aliphatic rings. The van der Waals surface area contributed by atoms with Gasteiger partial charge in [0.05, 0.1) is 0 Å². The molecule has 0 spiro atoms. The lowest BCUT2D eigenvalue weighted by Gasteiger charge is -2.29. The number of rotatable bonds is 4. The third-order valence-electron chi connectivity index (χ3n) is 3.73. The normalized spacial score (nSPS) is 20.1. The fourth-order valence-corrected chi connectivity index (χ4v) is 2.71. The largest absolute Gasteiger partial charge is 0.370 e. The first kappa shape index (κ1) is 12.6. The molecule has 0 saturated heterocycles. The van der Waals surface area contributed by atoms with Gasteiger partial charge in [-0.25, -0.2) is 4.98 Å². The minimum atomic E-state index is -0.178. The molecule has 4 nitrogen and oxygen atoms in total. The van der Waals surface area contributed by atoms with Crippen molar-refractivity contribution in [2.24, 2.45) is 0 Å². The Labute approximate surface area is 103 Å². The summed E-state index contributed by atoms with van der Waals surface area (Å²) in [7, 11) is 3.75. The van der Waals surface area contributed by atoms with Gasteiger partial charge in [0.25, 0.3) is 0 Å². The van der Waals surface area contributed by atoms with Crippen molar-refractivity contribution in [1.82, 2.24) is 15.3 Å². The predicted molar refractivity (Wildman–Crippen MR) is 67.7 cm³/mol. The fourth-order valence-electron chi connectivity index (χ4n) is 2.71. The molecule has 0 aromatic carbocycles. The van der Waals surface area contributed by atoms with Gasteiger partial charge in [-0.15, -0.1) is 0 Å². The number of aromatic nitrogens is 2. The van der Waals surface area contributed by atoms with Crippen LogP contribution in [0.1, 0.15) is 50.0 Å². The zero-order valence-corrected chi connectivity index (χ0v) is 10.9. The summed E-state index contributed by atoms with van der Waals surface area (Å²) in [6.45, 7) is 0.826. The zero-order chi connectivity index (χ0) is 12.1. The summed E-state index contributed by atoms with van der Waals surface area (Å²) in [4.78, 5) is 7.93. The number of methoxy groups -OCH3 is 1. The molecule has 1 heterocycles. The average Bonchev–Trinajstić information content (AvgIpc) is 2.68. The molecule has 4 heteroatoms. The molecule has 1 aromatic heterocycles. The Morgan fingerprint density at radius 2 is 2.06 bits per heavy atom. The van der Waals surface area contributed by atoms with Crippen LogP contribution < -0.4 is 5.32 Å². The second-order valence-electron chi connectivity index (χ2n) is 4.90. The highest BCUT2D eigenvalue weighted by atomic mass is 16.5. The van der Waals surface area contributed by atoms with Crippen LogP contribution in [0.5, 0.6) is 0 Å². The Morgan fingerprint density at radius 1 is 1.35 bits per heavy atom. The quantitative estimate of drug-likeness (QED) is 0.790. The van der Waals surface area contributed by atoms with Crippen molar-refractivity contribution in [1.29, 1.82) is 0 Å². The number of nitrogens with zero attached hydrogens (tertiary/aromatic N) is 1. The summed E-state index contributed by atoms with van der Waals surface area (Å²) < 4.78 is 5.82. The SMILES string of the molecule is CNCc1cnc(C2(OC)CCCCCC2)[nH]1. The highest BCUT2D eigenvalue weighted by Gasteiger charge is 2.35. The number of nitrogens with one attached hydrogen (secondary N) is 2. The molecule has 2 rings (SSSR count). The number of hydrogen-bond donors (Lipinski definition) is 2. The first-order chi connectivity index (χ1) is 8.30. The van der Waals surface area contributed by atoms with E-state index in [0.29, 0.717) is 0 Å². The molecule has 0 bridgehead atoms. The maximum absolute atomic E-state index is 5.82. The molecule has 1 fully saturated rings. The molecule has 0 radical (unpaired) electrons. The van der Waals surface area contributed by atoms with Gasteiger partial charge in [0, 0.05) is 25.5 Å². The van der Waals surface area contributed by atoms with Crippen molar-refractivity contribution in [3.8, 4) is 0 Å². The van der Waals surface area contributed by atoms with Gasteiger partial charge in [0.15, 0.2) is 0 Å².